The van der Waals surface area contributed by atoms with E-state index in [1.807, 2.05) is 7.05 Å². The summed E-state index contributed by atoms with van der Waals surface area (Å²) in [7, 11) is 2.03. The largest absolute Gasteiger partial charge is 0.498 e. The van der Waals surface area contributed by atoms with Crippen molar-refractivity contribution in [2.75, 3.05) is 13.7 Å². The van der Waals surface area contributed by atoms with Gasteiger partial charge in [0.2, 0.25) is 0 Å². The van der Waals surface area contributed by atoms with Gasteiger partial charge in [-0.25, -0.2) is 0 Å². The smallest absolute Gasteiger partial charge is 0.0921 e. The van der Waals surface area contributed by atoms with Gasteiger partial charge < -0.3 is 10.1 Å². The summed E-state index contributed by atoms with van der Waals surface area (Å²) in [5.74, 6) is 1.19. The molecule has 0 saturated carbocycles. The minimum atomic E-state index is 0.235. The molecule has 0 aromatic heterocycles. The highest BCUT2D eigenvalue weighted by atomic mass is 16.5. The molecule has 13 heavy (non-hydrogen) atoms. The van der Waals surface area contributed by atoms with Crippen LogP contribution in [0.4, 0.5) is 0 Å². The van der Waals surface area contributed by atoms with E-state index in [1.54, 1.807) is 0 Å². The third-order valence-electron chi connectivity index (χ3n) is 3.02. The summed E-state index contributed by atoms with van der Waals surface area (Å²) in [5.41, 5.74) is 0.235. The lowest BCUT2D eigenvalue weighted by atomic mass is 9.94. The highest BCUT2D eigenvalue weighted by molar-refractivity contribution is 5.01. The van der Waals surface area contributed by atoms with Gasteiger partial charge in [0.1, 0.15) is 0 Å². The maximum atomic E-state index is 5.47. The molecule has 1 aliphatic rings. The molecule has 1 N–H and O–H groups in total. The fraction of sp³-hybridized carbons (Fsp3) is 0.818. The average Bonchev–Trinajstić information content (AvgIpc) is 2.67. The summed E-state index contributed by atoms with van der Waals surface area (Å²) >= 11 is 0. The van der Waals surface area contributed by atoms with E-state index in [1.165, 1.54) is 12.2 Å². The van der Waals surface area contributed by atoms with Gasteiger partial charge in [-0.05, 0) is 39.3 Å². The molecular formula is C11H21NO. The number of hydrogen-bond donors (Lipinski definition) is 1. The summed E-state index contributed by atoms with van der Waals surface area (Å²) in [6.45, 7) is 5.37. The Morgan fingerprint density at radius 2 is 2.38 bits per heavy atom. The van der Waals surface area contributed by atoms with E-state index in [0.717, 1.165) is 25.9 Å². The Hall–Kier alpha value is -0.500. The highest BCUT2D eigenvalue weighted by Gasteiger charge is 2.18. The van der Waals surface area contributed by atoms with E-state index in [0.29, 0.717) is 0 Å². The molecular weight excluding hydrogens is 162 g/mol. The fourth-order valence-electron chi connectivity index (χ4n) is 1.45. The number of allylic oxidation sites excluding steroid dienone is 1. The minimum Gasteiger partial charge on any atom is -0.498 e. The van der Waals surface area contributed by atoms with E-state index < -0.39 is 0 Å². The first-order valence-corrected chi connectivity index (χ1v) is 5.21. The molecule has 0 aromatic carbocycles. The van der Waals surface area contributed by atoms with Crippen LogP contribution in [-0.4, -0.2) is 19.2 Å². The standard InChI is InChI=1S/C11H21NO/c1-4-11(2,12-3)8-7-10-6-5-9-13-10/h7,12H,4-6,8-9H2,1-3H3/b10-7+. The van der Waals surface area contributed by atoms with Crippen molar-refractivity contribution in [3.05, 3.63) is 11.8 Å². The molecule has 2 heteroatoms. The van der Waals surface area contributed by atoms with Gasteiger partial charge in [-0.3, -0.25) is 0 Å². The van der Waals surface area contributed by atoms with Gasteiger partial charge in [0.15, 0.2) is 0 Å². The van der Waals surface area contributed by atoms with Crippen LogP contribution in [0, 0.1) is 0 Å². The molecule has 0 aromatic rings. The molecule has 0 aliphatic carbocycles. The Morgan fingerprint density at radius 3 is 2.85 bits per heavy atom. The van der Waals surface area contributed by atoms with E-state index in [4.69, 9.17) is 4.74 Å². The lowest BCUT2D eigenvalue weighted by Crippen LogP contribution is -2.38. The Kier molecular flexibility index (Phi) is 3.79. The normalized spacial score (nSPS) is 24.4. The highest BCUT2D eigenvalue weighted by Crippen LogP contribution is 2.20. The van der Waals surface area contributed by atoms with Gasteiger partial charge in [0.25, 0.3) is 0 Å². The van der Waals surface area contributed by atoms with E-state index in [9.17, 15) is 0 Å². The van der Waals surface area contributed by atoms with Crippen molar-refractivity contribution in [3.8, 4) is 0 Å². The summed E-state index contributed by atoms with van der Waals surface area (Å²) in [6.07, 6.45) is 6.77. The zero-order valence-corrected chi connectivity index (χ0v) is 9.02. The Balaban J connectivity index is 2.42. The molecule has 0 radical (unpaired) electrons. The molecule has 1 aliphatic heterocycles. The van der Waals surface area contributed by atoms with E-state index in [-0.39, 0.29) is 5.54 Å². The van der Waals surface area contributed by atoms with Gasteiger partial charge in [-0.1, -0.05) is 6.92 Å². The molecule has 1 unspecified atom stereocenters. The van der Waals surface area contributed by atoms with Crippen LogP contribution in [0.25, 0.3) is 0 Å². The molecule has 76 valence electrons. The van der Waals surface area contributed by atoms with E-state index in [2.05, 4.69) is 25.2 Å². The Labute approximate surface area is 81.4 Å². The van der Waals surface area contributed by atoms with Crippen LogP contribution >= 0.6 is 0 Å². The minimum absolute atomic E-state index is 0.235. The van der Waals surface area contributed by atoms with Crippen LogP contribution in [0.2, 0.25) is 0 Å². The molecule has 0 amide bonds. The van der Waals surface area contributed by atoms with Crippen LogP contribution in [0.3, 0.4) is 0 Å². The van der Waals surface area contributed by atoms with Crippen LogP contribution in [0.1, 0.15) is 39.5 Å². The lowest BCUT2D eigenvalue weighted by Gasteiger charge is -2.26. The summed E-state index contributed by atoms with van der Waals surface area (Å²) in [6, 6.07) is 0. The topological polar surface area (TPSA) is 21.3 Å². The SMILES string of the molecule is CCC(C)(C/C=C1\CCCO1)NC. The molecule has 1 saturated heterocycles. The zero-order chi connectivity index (χ0) is 9.73. The molecule has 0 bridgehead atoms. The zero-order valence-electron chi connectivity index (χ0n) is 9.02. The van der Waals surface area contributed by atoms with Gasteiger partial charge >= 0.3 is 0 Å². The lowest BCUT2D eigenvalue weighted by molar-refractivity contribution is 0.259. The maximum Gasteiger partial charge on any atom is 0.0921 e. The summed E-state index contributed by atoms with van der Waals surface area (Å²) in [4.78, 5) is 0. The maximum absolute atomic E-state index is 5.47. The predicted octanol–water partition coefficient (Wildman–Crippen LogP) is 2.46. The molecule has 0 spiro atoms. The molecule has 1 heterocycles. The van der Waals surface area contributed by atoms with Crippen molar-refractivity contribution in [1.82, 2.24) is 5.32 Å². The van der Waals surface area contributed by atoms with Crippen molar-refractivity contribution >= 4 is 0 Å². The molecule has 2 nitrogen and oxygen atoms in total. The average molecular weight is 183 g/mol. The second-order valence-electron chi connectivity index (χ2n) is 3.99. The first kappa shape index (κ1) is 10.6. The van der Waals surface area contributed by atoms with Crippen molar-refractivity contribution in [2.45, 2.75) is 45.1 Å². The second-order valence-corrected chi connectivity index (χ2v) is 3.99. The van der Waals surface area contributed by atoms with Crippen LogP contribution in [-0.2, 0) is 4.74 Å². The summed E-state index contributed by atoms with van der Waals surface area (Å²) in [5, 5.41) is 3.35. The third-order valence-corrected chi connectivity index (χ3v) is 3.02. The number of ether oxygens (including phenoxy) is 1. The quantitative estimate of drug-likeness (QED) is 0.723. The van der Waals surface area contributed by atoms with Crippen molar-refractivity contribution in [3.63, 3.8) is 0 Å². The fourth-order valence-corrected chi connectivity index (χ4v) is 1.45. The molecule has 1 rings (SSSR count). The van der Waals surface area contributed by atoms with Gasteiger partial charge in [-0.15, -0.1) is 0 Å². The van der Waals surface area contributed by atoms with Crippen molar-refractivity contribution in [1.29, 1.82) is 0 Å². The van der Waals surface area contributed by atoms with Crippen molar-refractivity contribution in [2.24, 2.45) is 0 Å². The summed E-state index contributed by atoms with van der Waals surface area (Å²) < 4.78 is 5.47. The predicted molar refractivity (Wildman–Crippen MR) is 55.6 cm³/mol. The van der Waals surface area contributed by atoms with Gasteiger partial charge in [0, 0.05) is 12.0 Å². The Bertz CT molecular complexity index is 175. The number of hydrogen-bond acceptors (Lipinski definition) is 2. The van der Waals surface area contributed by atoms with E-state index >= 15 is 0 Å². The first-order valence-electron chi connectivity index (χ1n) is 5.21. The Morgan fingerprint density at radius 1 is 1.62 bits per heavy atom. The van der Waals surface area contributed by atoms with Crippen molar-refractivity contribution < 1.29 is 4.74 Å². The van der Waals surface area contributed by atoms with Gasteiger partial charge in [0.05, 0.1) is 12.4 Å². The number of rotatable bonds is 4. The molecule has 1 atom stereocenters. The van der Waals surface area contributed by atoms with Crippen LogP contribution in [0.15, 0.2) is 11.8 Å². The third kappa shape index (κ3) is 3.03. The monoisotopic (exact) mass is 183 g/mol. The van der Waals surface area contributed by atoms with Crippen LogP contribution < -0.4 is 5.32 Å². The van der Waals surface area contributed by atoms with Gasteiger partial charge in [-0.2, -0.15) is 0 Å². The molecule has 1 fully saturated rings. The first-order chi connectivity index (χ1) is 6.20. The van der Waals surface area contributed by atoms with Crippen LogP contribution in [0.5, 0.6) is 0 Å². The second kappa shape index (κ2) is 4.66. The number of nitrogens with one attached hydrogen (secondary N) is 1.